The Morgan fingerprint density at radius 2 is 1.90 bits per heavy atom. The minimum absolute atomic E-state index is 0.111. The lowest BCUT2D eigenvalue weighted by Crippen LogP contribution is -2.13. The highest BCUT2D eigenvalue weighted by Gasteiger charge is 2.12. The molecule has 0 aliphatic heterocycles. The van der Waals surface area contributed by atoms with Crippen LogP contribution in [0.15, 0.2) is 41.3 Å². The number of anilines is 1. The Bertz CT molecular complexity index is 676. The molecule has 2 aromatic rings. The van der Waals surface area contributed by atoms with E-state index in [1.54, 1.807) is 18.2 Å². The van der Waals surface area contributed by atoms with Gasteiger partial charge in [-0.25, -0.2) is 4.39 Å². The van der Waals surface area contributed by atoms with Crippen LogP contribution in [0.5, 0.6) is 11.5 Å². The molecule has 0 aromatic heterocycles. The van der Waals surface area contributed by atoms with Gasteiger partial charge < -0.3 is 14.8 Å². The summed E-state index contributed by atoms with van der Waals surface area (Å²) in [6, 6.07) is 8.99. The van der Waals surface area contributed by atoms with Crippen LogP contribution >= 0.6 is 12.6 Å². The fraction of sp³-hybridized carbons (Fsp3) is 0.133. The summed E-state index contributed by atoms with van der Waals surface area (Å²) in [5.74, 6) is 0.211. The van der Waals surface area contributed by atoms with Crippen molar-refractivity contribution in [3.8, 4) is 11.5 Å². The van der Waals surface area contributed by atoms with Gasteiger partial charge >= 0.3 is 0 Å². The highest BCUT2D eigenvalue weighted by atomic mass is 32.1. The highest BCUT2D eigenvalue weighted by Crippen LogP contribution is 2.29. The van der Waals surface area contributed by atoms with Crippen LogP contribution in [0.4, 0.5) is 10.1 Å². The van der Waals surface area contributed by atoms with E-state index < -0.39 is 11.7 Å². The normalized spacial score (nSPS) is 10.1. The zero-order valence-corrected chi connectivity index (χ0v) is 12.4. The molecule has 2 aromatic carbocycles. The van der Waals surface area contributed by atoms with E-state index in [1.165, 1.54) is 32.4 Å². The monoisotopic (exact) mass is 307 g/mol. The summed E-state index contributed by atoms with van der Waals surface area (Å²) in [5.41, 5.74) is 0.762. The van der Waals surface area contributed by atoms with Crippen LogP contribution in [-0.2, 0) is 0 Å². The average Bonchev–Trinajstić information content (AvgIpc) is 2.49. The molecular formula is C15H14FNO3S. The van der Waals surface area contributed by atoms with Crippen LogP contribution in [0.1, 0.15) is 10.4 Å². The minimum Gasteiger partial charge on any atom is -0.497 e. The lowest BCUT2D eigenvalue weighted by atomic mass is 10.2. The number of hydrogen-bond acceptors (Lipinski definition) is 4. The third-order valence-corrected chi connectivity index (χ3v) is 3.21. The van der Waals surface area contributed by atoms with Crippen LogP contribution in [0.25, 0.3) is 0 Å². The number of carbonyl (C=O) groups is 1. The maximum absolute atomic E-state index is 13.2. The predicted molar refractivity (Wildman–Crippen MR) is 81.2 cm³/mol. The molecule has 0 spiro atoms. The Morgan fingerprint density at radius 1 is 1.14 bits per heavy atom. The van der Waals surface area contributed by atoms with Crippen LogP contribution in [0.3, 0.4) is 0 Å². The largest absolute Gasteiger partial charge is 0.497 e. The first-order valence-electron chi connectivity index (χ1n) is 6.07. The van der Waals surface area contributed by atoms with Crippen LogP contribution in [0.2, 0.25) is 0 Å². The summed E-state index contributed by atoms with van der Waals surface area (Å²) >= 11 is 3.96. The van der Waals surface area contributed by atoms with Gasteiger partial charge in [-0.1, -0.05) is 0 Å². The highest BCUT2D eigenvalue weighted by molar-refractivity contribution is 7.80. The molecule has 6 heteroatoms. The van der Waals surface area contributed by atoms with Gasteiger partial charge in [-0.2, -0.15) is 0 Å². The summed E-state index contributed by atoms with van der Waals surface area (Å²) in [5, 5.41) is 2.70. The molecule has 0 aliphatic carbocycles. The van der Waals surface area contributed by atoms with E-state index in [0.29, 0.717) is 22.7 Å². The van der Waals surface area contributed by atoms with Crippen molar-refractivity contribution in [3.63, 3.8) is 0 Å². The maximum atomic E-state index is 13.2. The van der Waals surface area contributed by atoms with Crippen molar-refractivity contribution in [2.24, 2.45) is 0 Å². The van der Waals surface area contributed by atoms with Crippen LogP contribution in [-0.4, -0.2) is 20.1 Å². The topological polar surface area (TPSA) is 47.6 Å². The molecule has 110 valence electrons. The first-order chi connectivity index (χ1) is 10.0. The SMILES string of the molecule is COc1ccc(OC)c(NC(=O)c2ccc(F)c(S)c2)c1. The Hall–Kier alpha value is -2.21. The fourth-order valence-corrected chi connectivity index (χ4v) is 1.97. The molecule has 0 aliphatic rings. The van der Waals surface area contributed by atoms with Crippen molar-refractivity contribution in [1.82, 2.24) is 0 Å². The molecular weight excluding hydrogens is 293 g/mol. The van der Waals surface area contributed by atoms with Gasteiger partial charge in [0.05, 0.1) is 19.9 Å². The number of amides is 1. The molecule has 2 rings (SSSR count). The van der Waals surface area contributed by atoms with Crippen molar-refractivity contribution in [2.45, 2.75) is 4.90 Å². The van der Waals surface area contributed by atoms with E-state index >= 15 is 0 Å². The van der Waals surface area contributed by atoms with E-state index in [0.717, 1.165) is 0 Å². The molecule has 4 nitrogen and oxygen atoms in total. The zero-order valence-electron chi connectivity index (χ0n) is 11.5. The summed E-state index contributed by atoms with van der Waals surface area (Å²) in [6.07, 6.45) is 0. The number of rotatable bonds is 4. The molecule has 21 heavy (non-hydrogen) atoms. The molecule has 0 heterocycles. The average molecular weight is 307 g/mol. The summed E-state index contributed by atoms with van der Waals surface area (Å²) < 4.78 is 23.4. The van der Waals surface area contributed by atoms with Gasteiger partial charge in [-0.3, -0.25) is 4.79 Å². The number of benzene rings is 2. The van der Waals surface area contributed by atoms with Crippen molar-refractivity contribution in [3.05, 3.63) is 47.8 Å². The standard InChI is InChI=1S/C15H14FNO3S/c1-19-10-4-6-13(20-2)12(8-10)17-15(18)9-3-5-11(16)14(21)7-9/h3-8,21H,1-2H3,(H,17,18). The number of ether oxygens (including phenoxy) is 2. The molecule has 1 amide bonds. The molecule has 0 atom stereocenters. The first-order valence-corrected chi connectivity index (χ1v) is 6.51. The van der Waals surface area contributed by atoms with Crippen molar-refractivity contribution < 1.29 is 18.7 Å². The third kappa shape index (κ3) is 3.46. The smallest absolute Gasteiger partial charge is 0.255 e. The van der Waals surface area contributed by atoms with Crippen molar-refractivity contribution >= 4 is 24.2 Å². The van der Waals surface area contributed by atoms with Gasteiger partial charge in [0.25, 0.3) is 5.91 Å². The van der Waals surface area contributed by atoms with Crippen LogP contribution in [0, 0.1) is 5.82 Å². The number of hydrogen-bond donors (Lipinski definition) is 2. The Kier molecular flexibility index (Phi) is 4.70. The van der Waals surface area contributed by atoms with E-state index in [-0.39, 0.29) is 4.90 Å². The first kappa shape index (κ1) is 15.2. The number of halogens is 1. The maximum Gasteiger partial charge on any atom is 0.255 e. The lowest BCUT2D eigenvalue weighted by Gasteiger charge is -2.12. The minimum atomic E-state index is -0.478. The molecule has 0 saturated carbocycles. The van der Waals surface area contributed by atoms with Crippen LogP contribution < -0.4 is 14.8 Å². The summed E-state index contributed by atoms with van der Waals surface area (Å²) in [7, 11) is 3.03. The van der Waals surface area contributed by atoms with Crippen molar-refractivity contribution in [1.29, 1.82) is 0 Å². The van der Waals surface area contributed by atoms with Gasteiger partial charge in [0, 0.05) is 16.5 Å². The van der Waals surface area contributed by atoms with Gasteiger partial charge in [-0.05, 0) is 30.3 Å². The van der Waals surface area contributed by atoms with E-state index in [2.05, 4.69) is 17.9 Å². The summed E-state index contributed by atoms with van der Waals surface area (Å²) in [6.45, 7) is 0. The van der Waals surface area contributed by atoms with E-state index in [1.807, 2.05) is 0 Å². The second kappa shape index (κ2) is 6.49. The van der Waals surface area contributed by atoms with Gasteiger partial charge in [0.15, 0.2) is 0 Å². The van der Waals surface area contributed by atoms with Gasteiger partial charge in [0.1, 0.15) is 17.3 Å². The molecule has 0 saturated heterocycles. The molecule has 0 bridgehead atoms. The van der Waals surface area contributed by atoms with E-state index in [4.69, 9.17) is 9.47 Å². The fourth-order valence-electron chi connectivity index (χ4n) is 1.76. The zero-order chi connectivity index (χ0) is 15.4. The number of nitrogens with one attached hydrogen (secondary N) is 1. The second-order valence-corrected chi connectivity index (χ2v) is 4.67. The summed E-state index contributed by atoms with van der Waals surface area (Å²) in [4.78, 5) is 12.3. The van der Waals surface area contributed by atoms with Gasteiger partial charge in [0.2, 0.25) is 0 Å². The molecule has 0 unspecified atom stereocenters. The quantitative estimate of drug-likeness (QED) is 0.851. The Labute approximate surface area is 127 Å². The van der Waals surface area contributed by atoms with Crippen molar-refractivity contribution in [2.75, 3.05) is 19.5 Å². The molecule has 1 N–H and O–H groups in total. The predicted octanol–water partition coefficient (Wildman–Crippen LogP) is 3.38. The molecule has 0 radical (unpaired) electrons. The Balaban J connectivity index is 2.28. The number of carbonyl (C=O) groups excluding carboxylic acids is 1. The second-order valence-electron chi connectivity index (χ2n) is 4.19. The van der Waals surface area contributed by atoms with Gasteiger partial charge in [-0.15, -0.1) is 12.6 Å². The van der Waals surface area contributed by atoms with E-state index in [9.17, 15) is 9.18 Å². The number of methoxy groups -OCH3 is 2. The number of thiol groups is 1. The Morgan fingerprint density at radius 3 is 2.52 bits per heavy atom. The molecule has 0 fully saturated rings. The lowest BCUT2D eigenvalue weighted by molar-refractivity contribution is 0.102. The third-order valence-electron chi connectivity index (χ3n) is 2.86.